The summed E-state index contributed by atoms with van der Waals surface area (Å²) in [7, 11) is 0. The number of nitrogen functional groups attached to an aromatic ring is 1. The molecule has 0 aliphatic rings. The Morgan fingerprint density at radius 1 is 1.17 bits per heavy atom. The lowest BCUT2D eigenvalue weighted by atomic mass is 10.1. The van der Waals surface area contributed by atoms with Crippen molar-refractivity contribution in [3.05, 3.63) is 53.3 Å². The van der Waals surface area contributed by atoms with Crippen LogP contribution >= 0.6 is 0 Å². The standard InChI is InChI=1S/C14H11FN2O/c1-9-2-3-10(8-16)6-14(9)18-13-5-4-11(15)7-12(13)17/h2-7H,17H2,1H3. The first kappa shape index (κ1) is 11.9. The normalized spacial score (nSPS) is 9.83. The van der Waals surface area contributed by atoms with Crippen molar-refractivity contribution in [2.24, 2.45) is 0 Å². The fraction of sp³-hybridized carbons (Fsp3) is 0.0714. The largest absolute Gasteiger partial charge is 0.455 e. The van der Waals surface area contributed by atoms with Crippen LogP contribution in [0.25, 0.3) is 0 Å². The monoisotopic (exact) mass is 242 g/mol. The van der Waals surface area contributed by atoms with E-state index >= 15 is 0 Å². The first-order valence-electron chi connectivity index (χ1n) is 5.34. The van der Waals surface area contributed by atoms with E-state index in [9.17, 15) is 4.39 Å². The van der Waals surface area contributed by atoms with Crippen molar-refractivity contribution in [1.82, 2.24) is 0 Å². The second-order valence-corrected chi connectivity index (χ2v) is 3.88. The van der Waals surface area contributed by atoms with Gasteiger partial charge in [0.1, 0.15) is 11.6 Å². The lowest BCUT2D eigenvalue weighted by molar-refractivity contribution is 0.479. The Labute approximate surface area is 104 Å². The molecule has 0 radical (unpaired) electrons. The summed E-state index contributed by atoms with van der Waals surface area (Å²) in [4.78, 5) is 0. The molecule has 0 aliphatic carbocycles. The highest BCUT2D eigenvalue weighted by atomic mass is 19.1. The summed E-state index contributed by atoms with van der Waals surface area (Å²) in [5.74, 6) is 0.490. The van der Waals surface area contributed by atoms with Crippen LogP contribution in [0.15, 0.2) is 36.4 Å². The zero-order valence-electron chi connectivity index (χ0n) is 9.77. The summed E-state index contributed by atoms with van der Waals surface area (Å²) in [6.45, 7) is 1.86. The number of rotatable bonds is 2. The van der Waals surface area contributed by atoms with Crippen LogP contribution in [-0.2, 0) is 0 Å². The number of halogens is 1. The smallest absolute Gasteiger partial charge is 0.150 e. The molecule has 0 fully saturated rings. The van der Waals surface area contributed by atoms with Gasteiger partial charge in [0, 0.05) is 6.07 Å². The minimum atomic E-state index is -0.414. The van der Waals surface area contributed by atoms with E-state index in [2.05, 4.69) is 0 Å². The van der Waals surface area contributed by atoms with E-state index in [4.69, 9.17) is 15.7 Å². The van der Waals surface area contributed by atoms with Crippen LogP contribution in [0.1, 0.15) is 11.1 Å². The molecule has 2 N–H and O–H groups in total. The van der Waals surface area contributed by atoms with E-state index in [-0.39, 0.29) is 5.69 Å². The maximum atomic E-state index is 12.9. The molecule has 3 nitrogen and oxygen atoms in total. The first-order valence-corrected chi connectivity index (χ1v) is 5.34. The molecule has 0 aliphatic heterocycles. The van der Waals surface area contributed by atoms with Crippen molar-refractivity contribution in [3.8, 4) is 17.6 Å². The summed E-state index contributed by atoms with van der Waals surface area (Å²) in [5.41, 5.74) is 7.25. The summed E-state index contributed by atoms with van der Waals surface area (Å²) >= 11 is 0. The van der Waals surface area contributed by atoms with E-state index in [1.807, 2.05) is 13.0 Å². The average Bonchev–Trinajstić information content (AvgIpc) is 2.35. The Hall–Kier alpha value is -2.54. The van der Waals surface area contributed by atoms with Gasteiger partial charge in [0.05, 0.1) is 17.3 Å². The molecule has 0 saturated heterocycles. The van der Waals surface area contributed by atoms with E-state index in [0.29, 0.717) is 17.1 Å². The molecule has 0 spiro atoms. The minimum absolute atomic E-state index is 0.219. The number of benzene rings is 2. The van der Waals surface area contributed by atoms with Crippen LogP contribution in [0.5, 0.6) is 11.5 Å². The Bertz CT molecular complexity index is 632. The van der Waals surface area contributed by atoms with Gasteiger partial charge in [-0.25, -0.2) is 4.39 Å². The van der Waals surface area contributed by atoms with Gasteiger partial charge in [-0.3, -0.25) is 0 Å². The highest BCUT2D eigenvalue weighted by Gasteiger charge is 2.06. The molecule has 4 heteroatoms. The van der Waals surface area contributed by atoms with Gasteiger partial charge in [-0.15, -0.1) is 0 Å². The van der Waals surface area contributed by atoms with Gasteiger partial charge in [0.2, 0.25) is 0 Å². The number of hydrogen-bond donors (Lipinski definition) is 1. The molecule has 2 aromatic carbocycles. The maximum absolute atomic E-state index is 12.9. The zero-order chi connectivity index (χ0) is 13.1. The molecule has 2 rings (SSSR count). The average molecular weight is 242 g/mol. The molecular formula is C14H11FN2O. The number of ether oxygens (including phenoxy) is 1. The number of hydrogen-bond acceptors (Lipinski definition) is 3. The van der Waals surface area contributed by atoms with Gasteiger partial charge in [-0.1, -0.05) is 6.07 Å². The summed E-state index contributed by atoms with van der Waals surface area (Å²) < 4.78 is 18.5. The van der Waals surface area contributed by atoms with E-state index in [1.165, 1.54) is 18.2 Å². The lowest BCUT2D eigenvalue weighted by Crippen LogP contribution is -1.94. The first-order chi connectivity index (χ1) is 8.60. The third-order valence-electron chi connectivity index (χ3n) is 2.51. The maximum Gasteiger partial charge on any atom is 0.150 e. The fourth-order valence-corrected chi connectivity index (χ4v) is 1.51. The van der Waals surface area contributed by atoms with Gasteiger partial charge in [-0.2, -0.15) is 5.26 Å². The van der Waals surface area contributed by atoms with Gasteiger partial charge in [0.15, 0.2) is 5.75 Å². The van der Waals surface area contributed by atoms with Crippen LogP contribution in [0, 0.1) is 24.1 Å². The Morgan fingerprint density at radius 2 is 1.94 bits per heavy atom. The van der Waals surface area contributed by atoms with Crippen molar-refractivity contribution in [2.75, 3.05) is 5.73 Å². The number of nitrogens with two attached hydrogens (primary N) is 1. The van der Waals surface area contributed by atoms with Crippen LogP contribution in [-0.4, -0.2) is 0 Å². The van der Waals surface area contributed by atoms with E-state index in [1.54, 1.807) is 18.2 Å². The molecule has 2 aromatic rings. The molecule has 0 unspecified atom stereocenters. The molecule has 0 heterocycles. The van der Waals surface area contributed by atoms with Gasteiger partial charge < -0.3 is 10.5 Å². The second kappa shape index (κ2) is 4.76. The Kier molecular flexibility index (Phi) is 3.16. The van der Waals surface area contributed by atoms with Gasteiger partial charge in [0.25, 0.3) is 0 Å². The third-order valence-corrected chi connectivity index (χ3v) is 2.51. The number of aryl methyl sites for hydroxylation is 1. The van der Waals surface area contributed by atoms with Gasteiger partial charge in [-0.05, 0) is 36.8 Å². The van der Waals surface area contributed by atoms with Gasteiger partial charge >= 0.3 is 0 Å². The van der Waals surface area contributed by atoms with E-state index in [0.717, 1.165) is 5.56 Å². The quantitative estimate of drug-likeness (QED) is 0.821. The van der Waals surface area contributed by atoms with Crippen molar-refractivity contribution in [3.63, 3.8) is 0 Å². The van der Waals surface area contributed by atoms with Crippen LogP contribution in [0.2, 0.25) is 0 Å². The Morgan fingerprint density at radius 3 is 2.61 bits per heavy atom. The lowest BCUT2D eigenvalue weighted by Gasteiger charge is -2.10. The van der Waals surface area contributed by atoms with Crippen LogP contribution < -0.4 is 10.5 Å². The summed E-state index contributed by atoms with van der Waals surface area (Å²) in [6.07, 6.45) is 0. The molecular weight excluding hydrogens is 231 g/mol. The van der Waals surface area contributed by atoms with Crippen LogP contribution in [0.4, 0.5) is 10.1 Å². The fourth-order valence-electron chi connectivity index (χ4n) is 1.51. The van der Waals surface area contributed by atoms with Crippen molar-refractivity contribution in [2.45, 2.75) is 6.92 Å². The highest BCUT2D eigenvalue weighted by Crippen LogP contribution is 2.30. The summed E-state index contributed by atoms with van der Waals surface area (Å²) in [6, 6.07) is 11.1. The molecule has 0 saturated carbocycles. The predicted molar refractivity (Wildman–Crippen MR) is 66.8 cm³/mol. The predicted octanol–water partition coefficient (Wildman–Crippen LogP) is 3.38. The topological polar surface area (TPSA) is 59.0 Å². The third kappa shape index (κ3) is 2.41. The molecule has 0 amide bonds. The number of anilines is 1. The van der Waals surface area contributed by atoms with E-state index < -0.39 is 5.82 Å². The molecule has 90 valence electrons. The minimum Gasteiger partial charge on any atom is -0.455 e. The molecule has 18 heavy (non-hydrogen) atoms. The highest BCUT2D eigenvalue weighted by molar-refractivity contribution is 5.55. The van der Waals surface area contributed by atoms with Crippen molar-refractivity contribution < 1.29 is 9.13 Å². The van der Waals surface area contributed by atoms with Crippen molar-refractivity contribution in [1.29, 1.82) is 5.26 Å². The SMILES string of the molecule is Cc1ccc(C#N)cc1Oc1ccc(F)cc1N. The van der Waals surface area contributed by atoms with Crippen molar-refractivity contribution >= 4 is 5.69 Å². The molecule has 0 aromatic heterocycles. The molecule has 0 atom stereocenters. The number of nitriles is 1. The summed E-state index contributed by atoms with van der Waals surface area (Å²) in [5, 5.41) is 8.83. The van der Waals surface area contributed by atoms with Crippen LogP contribution in [0.3, 0.4) is 0 Å². The second-order valence-electron chi connectivity index (χ2n) is 3.88. The molecule has 0 bridgehead atoms. The zero-order valence-corrected chi connectivity index (χ0v) is 9.77. The number of nitrogens with zero attached hydrogens (tertiary/aromatic N) is 1. The Balaban J connectivity index is 2.37.